The molecular formula is C13H18N2O3. The summed E-state index contributed by atoms with van der Waals surface area (Å²) in [7, 11) is 1.59. The Hall–Kier alpha value is -1.75. The molecular weight excluding hydrogens is 232 g/mol. The van der Waals surface area contributed by atoms with E-state index < -0.39 is 0 Å². The van der Waals surface area contributed by atoms with E-state index in [1.807, 2.05) is 0 Å². The van der Waals surface area contributed by atoms with Gasteiger partial charge in [0.25, 0.3) is 5.91 Å². The fourth-order valence-corrected chi connectivity index (χ4v) is 1.90. The molecule has 1 saturated heterocycles. The average molecular weight is 250 g/mol. The molecule has 18 heavy (non-hydrogen) atoms. The van der Waals surface area contributed by atoms with Crippen LogP contribution in [0, 0.1) is 0 Å². The van der Waals surface area contributed by atoms with Crippen LogP contribution in [0.4, 0.5) is 5.69 Å². The van der Waals surface area contributed by atoms with Crippen molar-refractivity contribution in [2.45, 2.75) is 18.9 Å². The minimum absolute atomic E-state index is 0.132. The molecule has 0 saturated carbocycles. The predicted octanol–water partition coefficient (Wildman–Crippen LogP) is 1.19. The van der Waals surface area contributed by atoms with Crippen LogP contribution in [0.1, 0.15) is 23.2 Å². The van der Waals surface area contributed by atoms with E-state index in [4.69, 9.17) is 15.2 Å². The topological polar surface area (TPSA) is 73.6 Å². The van der Waals surface area contributed by atoms with Gasteiger partial charge in [0.15, 0.2) is 0 Å². The Balaban J connectivity index is 2.03. The van der Waals surface area contributed by atoms with Gasteiger partial charge >= 0.3 is 0 Å². The molecule has 1 aliphatic heterocycles. The van der Waals surface area contributed by atoms with Gasteiger partial charge in [0.1, 0.15) is 12.4 Å². The molecule has 1 aromatic rings. The van der Waals surface area contributed by atoms with Crippen LogP contribution in [0.15, 0.2) is 18.2 Å². The average Bonchev–Trinajstić information content (AvgIpc) is 2.90. The highest BCUT2D eigenvalue weighted by atomic mass is 16.5. The van der Waals surface area contributed by atoms with Gasteiger partial charge in [-0.15, -0.1) is 0 Å². The second-order valence-corrected chi connectivity index (χ2v) is 4.28. The summed E-state index contributed by atoms with van der Waals surface area (Å²) in [5.74, 6) is 0.378. The van der Waals surface area contributed by atoms with Gasteiger partial charge in [0.05, 0.1) is 11.8 Å². The van der Waals surface area contributed by atoms with Crippen molar-refractivity contribution in [1.82, 2.24) is 5.32 Å². The number of nitrogens with one attached hydrogen (secondary N) is 1. The largest absolute Gasteiger partial charge is 0.489 e. The fourth-order valence-electron chi connectivity index (χ4n) is 1.90. The van der Waals surface area contributed by atoms with Crippen LogP contribution in [0.2, 0.25) is 0 Å². The number of hydrogen-bond donors (Lipinski definition) is 2. The molecule has 0 radical (unpaired) electrons. The number of anilines is 1. The van der Waals surface area contributed by atoms with Crippen molar-refractivity contribution in [3.05, 3.63) is 23.8 Å². The number of rotatable bonds is 4. The number of carbonyl (C=O) groups excluding carboxylic acids is 1. The molecule has 1 atom stereocenters. The third-order valence-corrected chi connectivity index (χ3v) is 2.95. The maximum absolute atomic E-state index is 11.5. The van der Waals surface area contributed by atoms with Gasteiger partial charge in [-0.1, -0.05) is 0 Å². The van der Waals surface area contributed by atoms with Gasteiger partial charge in [-0.25, -0.2) is 0 Å². The number of carbonyl (C=O) groups is 1. The van der Waals surface area contributed by atoms with Gasteiger partial charge in [-0.05, 0) is 31.0 Å². The highest BCUT2D eigenvalue weighted by Crippen LogP contribution is 2.24. The zero-order chi connectivity index (χ0) is 13.0. The smallest absolute Gasteiger partial charge is 0.251 e. The van der Waals surface area contributed by atoms with E-state index in [2.05, 4.69) is 5.32 Å². The van der Waals surface area contributed by atoms with Crippen LogP contribution in [-0.4, -0.2) is 32.3 Å². The Morgan fingerprint density at radius 2 is 2.44 bits per heavy atom. The molecule has 0 spiro atoms. The van der Waals surface area contributed by atoms with Crippen molar-refractivity contribution in [2.75, 3.05) is 26.0 Å². The maximum atomic E-state index is 11.5. The van der Waals surface area contributed by atoms with Gasteiger partial charge in [-0.2, -0.15) is 0 Å². The first-order valence-electron chi connectivity index (χ1n) is 6.06. The molecule has 98 valence electrons. The summed E-state index contributed by atoms with van der Waals surface area (Å²) in [4.78, 5) is 11.5. The maximum Gasteiger partial charge on any atom is 0.251 e. The Bertz CT molecular complexity index is 428. The lowest BCUT2D eigenvalue weighted by atomic mass is 10.2. The summed E-state index contributed by atoms with van der Waals surface area (Å²) in [5, 5.41) is 2.57. The first kappa shape index (κ1) is 12.7. The van der Waals surface area contributed by atoms with E-state index in [1.54, 1.807) is 25.2 Å². The standard InChI is InChI=1S/C13H18N2O3/c1-15-13(16)9-4-5-11(14)12(7-9)18-8-10-3-2-6-17-10/h4-5,7,10H,2-3,6,8,14H2,1H3,(H,15,16). The lowest BCUT2D eigenvalue weighted by Crippen LogP contribution is -2.19. The quantitative estimate of drug-likeness (QED) is 0.787. The van der Waals surface area contributed by atoms with E-state index in [-0.39, 0.29) is 12.0 Å². The van der Waals surface area contributed by atoms with Crippen LogP contribution in [0.3, 0.4) is 0 Å². The van der Waals surface area contributed by atoms with Crippen molar-refractivity contribution in [1.29, 1.82) is 0 Å². The summed E-state index contributed by atoms with van der Waals surface area (Å²) in [6.45, 7) is 1.27. The molecule has 1 amide bonds. The second-order valence-electron chi connectivity index (χ2n) is 4.28. The Labute approximate surface area is 106 Å². The minimum Gasteiger partial charge on any atom is -0.489 e. The zero-order valence-electron chi connectivity index (χ0n) is 10.4. The molecule has 1 aliphatic rings. The fraction of sp³-hybridized carbons (Fsp3) is 0.462. The number of hydrogen-bond acceptors (Lipinski definition) is 4. The normalized spacial score (nSPS) is 18.6. The molecule has 1 aromatic carbocycles. The number of benzene rings is 1. The molecule has 3 N–H and O–H groups in total. The van der Waals surface area contributed by atoms with Crippen LogP contribution in [0.25, 0.3) is 0 Å². The molecule has 5 nitrogen and oxygen atoms in total. The van der Waals surface area contributed by atoms with E-state index in [9.17, 15) is 4.79 Å². The third kappa shape index (κ3) is 2.92. The molecule has 1 heterocycles. The SMILES string of the molecule is CNC(=O)c1ccc(N)c(OCC2CCCO2)c1. The lowest BCUT2D eigenvalue weighted by Gasteiger charge is -2.13. The molecule has 2 rings (SSSR count). The lowest BCUT2D eigenvalue weighted by molar-refractivity contribution is 0.0682. The van der Waals surface area contributed by atoms with E-state index in [1.165, 1.54) is 0 Å². The van der Waals surface area contributed by atoms with E-state index >= 15 is 0 Å². The summed E-state index contributed by atoms with van der Waals surface area (Å²) < 4.78 is 11.1. The minimum atomic E-state index is -0.156. The number of nitrogens with two attached hydrogens (primary N) is 1. The monoisotopic (exact) mass is 250 g/mol. The predicted molar refractivity (Wildman–Crippen MR) is 68.7 cm³/mol. The van der Waals surface area contributed by atoms with Gasteiger partial charge in [-0.3, -0.25) is 4.79 Å². The first-order chi connectivity index (χ1) is 8.70. The van der Waals surface area contributed by atoms with Crippen LogP contribution >= 0.6 is 0 Å². The highest BCUT2D eigenvalue weighted by Gasteiger charge is 2.17. The molecule has 0 aliphatic carbocycles. The second kappa shape index (κ2) is 5.73. The van der Waals surface area contributed by atoms with Crippen molar-refractivity contribution >= 4 is 11.6 Å². The van der Waals surface area contributed by atoms with Gasteiger partial charge in [0.2, 0.25) is 0 Å². The van der Waals surface area contributed by atoms with Crippen molar-refractivity contribution in [2.24, 2.45) is 0 Å². The third-order valence-electron chi connectivity index (χ3n) is 2.95. The summed E-state index contributed by atoms with van der Waals surface area (Å²) in [6, 6.07) is 5.01. The molecule has 5 heteroatoms. The highest BCUT2D eigenvalue weighted by molar-refractivity contribution is 5.95. The number of ether oxygens (including phenoxy) is 2. The molecule has 1 unspecified atom stereocenters. The molecule has 0 bridgehead atoms. The summed E-state index contributed by atoms with van der Waals surface area (Å²) in [6.07, 6.45) is 2.21. The van der Waals surface area contributed by atoms with Crippen molar-refractivity contribution in [3.63, 3.8) is 0 Å². The molecule has 1 fully saturated rings. The van der Waals surface area contributed by atoms with Crippen LogP contribution in [-0.2, 0) is 4.74 Å². The first-order valence-corrected chi connectivity index (χ1v) is 6.06. The van der Waals surface area contributed by atoms with Crippen LogP contribution < -0.4 is 15.8 Å². The van der Waals surface area contributed by atoms with Crippen LogP contribution in [0.5, 0.6) is 5.75 Å². The van der Waals surface area contributed by atoms with Crippen molar-refractivity contribution in [3.8, 4) is 5.75 Å². The molecule has 0 aromatic heterocycles. The van der Waals surface area contributed by atoms with Gasteiger partial charge in [0, 0.05) is 19.2 Å². The van der Waals surface area contributed by atoms with Gasteiger partial charge < -0.3 is 20.5 Å². The Morgan fingerprint density at radius 1 is 1.61 bits per heavy atom. The summed E-state index contributed by atoms with van der Waals surface area (Å²) in [5.41, 5.74) is 6.88. The Kier molecular flexibility index (Phi) is 4.04. The number of amides is 1. The van der Waals surface area contributed by atoms with E-state index in [0.29, 0.717) is 23.6 Å². The Morgan fingerprint density at radius 3 is 3.11 bits per heavy atom. The van der Waals surface area contributed by atoms with E-state index in [0.717, 1.165) is 19.4 Å². The summed E-state index contributed by atoms with van der Waals surface area (Å²) >= 11 is 0. The zero-order valence-corrected chi connectivity index (χ0v) is 10.4. The van der Waals surface area contributed by atoms with Crippen molar-refractivity contribution < 1.29 is 14.3 Å². The number of nitrogen functional groups attached to an aromatic ring is 1.